The molecule has 0 bridgehead atoms. The minimum Gasteiger partial charge on any atom is -0.465 e. The van der Waals surface area contributed by atoms with Gasteiger partial charge in [0.15, 0.2) is 0 Å². The number of nitrogens with zero attached hydrogens (tertiary/aromatic N) is 1. The predicted molar refractivity (Wildman–Crippen MR) is 119 cm³/mol. The molecule has 1 saturated heterocycles. The molecule has 2 aromatic carbocycles. The van der Waals surface area contributed by atoms with Crippen LogP contribution in [0.15, 0.2) is 65.6 Å². The Morgan fingerprint density at radius 2 is 1.77 bits per heavy atom. The molecule has 1 aliphatic heterocycles. The number of ether oxygens (including phenoxy) is 1. The Morgan fingerprint density at radius 1 is 1.10 bits per heavy atom. The maximum Gasteiger partial charge on any atom is 0.337 e. The van der Waals surface area contributed by atoms with Crippen LogP contribution in [0, 0.1) is 5.41 Å². The molecule has 0 radical (unpaired) electrons. The van der Waals surface area contributed by atoms with Gasteiger partial charge in [-0.25, -0.2) is 13.2 Å². The largest absolute Gasteiger partial charge is 0.465 e. The molecule has 30 heavy (non-hydrogen) atoms. The molecule has 5 nitrogen and oxygen atoms in total. The number of esters is 1. The molecule has 0 spiro atoms. The van der Waals surface area contributed by atoms with Crippen molar-refractivity contribution in [1.82, 2.24) is 4.31 Å². The van der Waals surface area contributed by atoms with Gasteiger partial charge >= 0.3 is 5.97 Å². The zero-order valence-electron chi connectivity index (χ0n) is 17.7. The first kappa shape index (κ1) is 22.2. The molecule has 160 valence electrons. The summed E-state index contributed by atoms with van der Waals surface area (Å²) in [5.41, 5.74) is 1.44. The molecule has 1 fully saturated rings. The highest BCUT2D eigenvalue weighted by atomic mass is 32.2. The van der Waals surface area contributed by atoms with Crippen molar-refractivity contribution in [3.63, 3.8) is 0 Å². The first-order valence-corrected chi connectivity index (χ1v) is 11.6. The van der Waals surface area contributed by atoms with Crippen molar-refractivity contribution >= 4 is 22.1 Å². The molecule has 2 aromatic rings. The van der Waals surface area contributed by atoms with Gasteiger partial charge in [0, 0.05) is 12.6 Å². The van der Waals surface area contributed by atoms with Crippen LogP contribution in [0.5, 0.6) is 0 Å². The van der Waals surface area contributed by atoms with Crippen LogP contribution >= 0.6 is 0 Å². The fourth-order valence-electron chi connectivity index (χ4n) is 3.91. The van der Waals surface area contributed by atoms with Gasteiger partial charge in [0.2, 0.25) is 10.0 Å². The van der Waals surface area contributed by atoms with Crippen LogP contribution in [0.25, 0.3) is 6.08 Å². The lowest BCUT2D eigenvalue weighted by molar-refractivity contribution is 0.0600. The summed E-state index contributed by atoms with van der Waals surface area (Å²) in [6.07, 6.45) is 6.46. The highest BCUT2D eigenvalue weighted by Gasteiger charge is 2.36. The normalized spacial score (nSPS) is 20.0. The number of rotatable bonds is 5. The Morgan fingerprint density at radius 3 is 2.40 bits per heavy atom. The van der Waals surface area contributed by atoms with E-state index in [9.17, 15) is 13.2 Å². The fourth-order valence-corrected chi connectivity index (χ4v) is 5.55. The van der Waals surface area contributed by atoms with Crippen LogP contribution in [0.3, 0.4) is 0 Å². The summed E-state index contributed by atoms with van der Waals surface area (Å²) in [6, 6.07) is 15.5. The van der Waals surface area contributed by atoms with Crippen LogP contribution in [0.2, 0.25) is 0 Å². The number of hydrogen-bond donors (Lipinski definition) is 0. The van der Waals surface area contributed by atoms with Gasteiger partial charge in [-0.05, 0) is 54.5 Å². The smallest absolute Gasteiger partial charge is 0.337 e. The second kappa shape index (κ2) is 9.14. The van der Waals surface area contributed by atoms with Gasteiger partial charge in [-0.2, -0.15) is 4.31 Å². The third-order valence-corrected chi connectivity index (χ3v) is 7.49. The maximum atomic E-state index is 13.4. The maximum absolute atomic E-state index is 13.4. The minimum atomic E-state index is -3.59. The standard InChI is InChI=1S/C24H29NO4S/c1-24(2)16-7-17-25(30(27,28)22-8-5-4-6-9-22)21(18-24)15-12-19-10-13-20(14-11-19)23(26)29-3/h4-6,8-15,21H,7,16-18H2,1-3H3/b15-12+. The molecule has 0 aliphatic carbocycles. The van der Waals surface area contributed by atoms with E-state index in [1.165, 1.54) is 7.11 Å². The molecule has 1 atom stereocenters. The van der Waals surface area contributed by atoms with E-state index in [0.717, 1.165) is 24.8 Å². The van der Waals surface area contributed by atoms with Gasteiger partial charge in [-0.3, -0.25) is 0 Å². The Kier molecular flexibility index (Phi) is 6.78. The van der Waals surface area contributed by atoms with E-state index in [-0.39, 0.29) is 17.4 Å². The summed E-state index contributed by atoms with van der Waals surface area (Å²) in [5, 5.41) is 0. The number of benzene rings is 2. The van der Waals surface area contributed by atoms with E-state index >= 15 is 0 Å². The first-order chi connectivity index (χ1) is 14.2. The van der Waals surface area contributed by atoms with Crippen LogP contribution in [0.1, 0.15) is 49.0 Å². The van der Waals surface area contributed by atoms with E-state index in [1.54, 1.807) is 40.7 Å². The summed E-state index contributed by atoms with van der Waals surface area (Å²) >= 11 is 0. The van der Waals surface area contributed by atoms with Crippen LogP contribution in [-0.4, -0.2) is 38.4 Å². The summed E-state index contributed by atoms with van der Waals surface area (Å²) in [6.45, 7) is 4.88. The van der Waals surface area contributed by atoms with Crippen molar-refractivity contribution in [2.75, 3.05) is 13.7 Å². The zero-order valence-corrected chi connectivity index (χ0v) is 18.6. The number of carbonyl (C=O) groups is 1. The molecule has 1 aliphatic rings. The number of methoxy groups -OCH3 is 1. The molecule has 0 saturated carbocycles. The van der Waals surface area contributed by atoms with E-state index in [2.05, 4.69) is 13.8 Å². The van der Waals surface area contributed by atoms with Gasteiger partial charge in [0.05, 0.1) is 17.6 Å². The lowest BCUT2D eigenvalue weighted by Gasteiger charge is -2.30. The van der Waals surface area contributed by atoms with Gasteiger partial charge in [-0.1, -0.05) is 56.3 Å². The summed E-state index contributed by atoms with van der Waals surface area (Å²) in [7, 11) is -2.24. The summed E-state index contributed by atoms with van der Waals surface area (Å²) in [4.78, 5) is 11.9. The molecule has 6 heteroatoms. The van der Waals surface area contributed by atoms with Gasteiger partial charge in [0.1, 0.15) is 0 Å². The zero-order chi connectivity index (χ0) is 21.8. The molecule has 0 aromatic heterocycles. The van der Waals surface area contributed by atoms with Crippen LogP contribution < -0.4 is 0 Å². The molecule has 1 heterocycles. The van der Waals surface area contributed by atoms with E-state index in [1.807, 2.05) is 30.4 Å². The number of carbonyl (C=O) groups excluding carboxylic acids is 1. The Balaban J connectivity index is 1.91. The summed E-state index contributed by atoms with van der Waals surface area (Å²) < 4.78 is 33.1. The first-order valence-electron chi connectivity index (χ1n) is 10.2. The van der Waals surface area contributed by atoms with Crippen LogP contribution in [-0.2, 0) is 14.8 Å². The van der Waals surface area contributed by atoms with Crippen molar-refractivity contribution < 1.29 is 17.9 Å². The average Bonchev–Trinajstić information content (AvgIpc) is 2.90. The van der Waals surface area contributed by atoms with E-state index in [0.29, 0.717) is 17.0 Å². The van der Waals surface area contributed by atoms with Gasteiger partial charge < -0.3 is 4.74 Å². The molecule has 1 unspecified atom stereocenters. The topological polar surface area (TPSA) is 63.7 Å². The van der Waals surface area contributed by atoms with Crippen LogP contribution in [0.4, 0.5) is 0 Å². The monoisotopic (exact) mass is 427 g/mol. The minimum absolute atomic E-state index is 0.0463. The predicted octanol–water partition coefficient (Wildman–Crippen LogP) is 4.76. The lowest BCUT2D eigenvalue weighted by atomic mass is 9.83. The molecule has 0 N–H and O–H groups in total. The van der Waals surface area contributed by atoms with Gasteiger partial charge in [-0.15, -0.1) is 0 Å². The molecular formula is C24H29NO4S. The third-order valence-electron chi connectivity index (χ3n) is 5.56. The molecule has 3 rings (SSSR count). The Hall–Kier alpha value is -2.44. The Bertz CT molecular complexity index is 995. The summed E-state index contributed by atoms with van der Waals surface area (Å²) in [5.74, 6) is -0.379. The second-order valence-electron chi connectivity index (χ2n) is 8.44. The number of hydrogen-bond acceptors (Lipinski definition) is 4. The fraction of sp³-hybridized carbons (Fsp3) is 0.375. The highest BCUT2D eigenvalue weighted by Crippen LogP contribution is 2.36. The average molecular weight is 428 g/mol. The van der Waals surface area contributed by atoms with Crippen molar-refractivity contribution in [2.45, 2.75) is 44.0 Å². The van der Waals surface area contributed by atoms with E-state index in [4.69, 9.17) is 4.74 Å². The lowest BCUT2D eigenvalue weighted by Crippen LogP contribution is -2.39. The SMILES string of the molecule is COC(=O)c1ccc(/C=C/C2CC(C)(C)CCCN2S(=O)(=O)c2ccccc2)cc1. The highest BCUT2D eigenvalue weighted by molar-refractivity contribution is 7.89. The van der Waals surface area contributed by atoms with E-state index < -0.39 is 10.0 Å². The second-order valence-corrected chi connectivity index (χ2v) is 10.3. The third kappa shape index (κ3) is 5.18. The van der Waals surface area contributed by atoms with Crippen molar-refractivity contribution in [2.24, 2.45) is 5.41 Å². The number of sulfonamides is 1. The Labute approximate surface area is 179 Å². The van der Waals surface area contributed by atoms with Crippen molar-refractivity contribution in [1.29, 1.82) is 0 Å². The van der Waals surface area contributed by atoms with Crippen molar-refractivity contribution in [3.05, 3.63) is 71.8 Å². The van der Waals surface area contributed by atoms with Gasteiger partial charge in [0.25, 0.3) is 0 Å². The molecule has 0 amide bonds. The molecular weight excluding hydrogens is 398 g/mol. The quantitative estimate of drug-likeness (QED) is 0.646. The van der Waals surface area contributed by atoms with Crippen molar-refractivity contribution in [3.8, 4) is 0 Å².